The molecule has 0 atom stereocenters. The van der Waals surface area contributed by atoms with Crippen LogP contribution in [-0.4, -0.2) is 20.5 Å². The second-order valence-electron chi connectivity index (χ2n) is 8.35. The first kappa shape index (κ1) is 21.3. The van der Waals surface area contributed by atoms with E-state index in [2.05, 4.69) is 55.5 Å². The topological polar surface area (TPSA) is 59.3 Å². The quantitative estimate of drug-likeness (QED) is 0.417. The average molecular weight is 453 g/mol. The summed E-state index contributed by atoms with van der Waals surface area (Å²) in [5.41, 5.74) is 4.94. The van der Waals surface area contributed by atoms with E-state index in [0.717, 1.165) is 17.0 Å². The number of amides is 1. The van der Waals surface area contributed by atoms with Crippen LogP contribution in [0, 0.1) is 0 Å². The number of carbonyl (C=O) groups is 1. The van der Waals surface area contributed by atoms with E-state index in [0.29, 0.717) is 21.4 Å². The van der Waals surface area contributed by atoms with E-state index in [-0.39, 0.29) is 17.9 Å². The predicted molar refractivity (Wildman–Crippen MR) is 125 cm³/mol. The molecule has 4 aromatic rings. The third-order valence-corrected chi connectivity index (χ3v) is 5.54. The number of imidazole rings is 1. The van der Waals surface area contributed by atoms with Crippen LogP contribution in [0.15, 0.2) is 60.7 Å². The van der Waals surface area contributed by atoms with Crippen LogP contribution < -0.4 is 5.32 Å². The number of rotatable bonds is 4. The Bertz CT molecular complexity index is 1240. The Morgan fingerprint density at radius 3 is 2.29 bits per heavy atom. The van der Waals surface area contributed by atoms with Crippen molar-refractivity contribution in [3.05, 3.63) is 87.7 Å². The zero-order valence-electron chi connectivity index (χ0n) is 17.5. The molecule has 0 unspecified atom stereocenters. The zero-order valence-corrected chi connectivity index (χ0v) is 19.0. The third kappa shape index (κ3) is 4.58. The molecule has 2 heterocycles. The van der Waals surface area contributed by atoms with E-state index in [9.17, 15) is 4.79 Å². The Labute approximate surface area is 191 Å². The second-order valence-corrected chi connectivity index (χ2v) is 9.17. The van der Waals surface area contributed by atoms with E-state index in [1.807, 2.05) is 6.07 Å². The van der Waals surface area contributed by atoms with Gasteiger partial charge >= 0.3 is 0 Å². The van der Waals surface area contributed by atoms with Gasteiger partial charge in [0, 0.05) is 16.1 Å². The third-order valence-electron chi connectivity index (χ3n) is 5.09. The van der Waals surface area contributed by atoms with Crippen LogP contribution in [0.5, 0.6) is 0 Å². The van der Waals surface area contributed by atoms with Gasteiger partial charge in [-0.15, -0.1) is 0 Å². The largest absolute Gasteiger partial charge is 0.346 e. The van der Waals surface area contributed by atoms with E-state index in [4.69, 9.17) is 28.2 Å². The standard InChI is InChI=1S/C24H22Cl2N4O/c1-24(2,3)17-8-4-15(5-9-17)22-19(30-21(28-22)13-12-20(26)29-30)14-27-23(31)16-6-10-18(25)11-7-16/h4-13H,14H2,1-3H3,(H,27,31). The van der Waals surface area contributed by atoms with E-state index in [1.165, 1.54) is 5.56 Å². The molecule has 0 saturated heterocycles. The van der Waals surface area contributed by atoms with Crippen molar-refractivity contribution in [1.82, 2.24) is 19.9 Å². The van der Waals surface area contributed by atoms with Gasteiger partial charge in [-0.2, -0.15) is 5.10 Å². The number of fused-ring (bicyclic) bond motifs is 1. The summed E-state index contributed by atoms with van der Waals surface area (Å²) in [5, 5.41) is 8.28. The lowest BCUT2D eigenvalue weighted by Crippen LogP contribution is -2.24. The van der Waals surface area contributed by atoms with Gasteiger partial charge in [0.2, 0.25) is 0 Å². The van der Waals surface area contributed by atoms with E-state index >= 15 is 0 Å². The summed E-state index contributed by atoms with van der Waals surface area (Å²) in [6, 6.07) is 18.6. The molecule has 0 bridgehead atoms. The first-order chi connectivity index (χ1) is 14.7. The van der Waals surface area contributed by atoms with Gasteiger partial charge in [-0.3, -0.25) is 4.79 Å². The highest BCUT2D eigenvalue weighted by Crippen LogP contribution is 2.28. The van der Waals surface area contributed by atoms with Crippen molar-refractivity contribution >= 4 is 34.8 Å². The monoisotopic (exact) mass is 452 g/mol. The number of halogens is 2. The van der Waals surface area contributed by atoms with Crippen LogP contribution in [0.2, 0.25) is 10.2 Å². The molecule has 1 N–H and O–H groups in total. The lowest BCUT2D eigenvalue weighted by atomic mass is 9.86. The minimum absolute atomic E-state index is 0.0574. The number of carbonyl (C=O) groups excluding carboxylic acids is 1. The number of hydrogen-bond donors (Lipinski definition) is 1. The Morgan fingerprint density at radius 1 is 0.968 bits per heavy atom. The highest BCUT2D eigenvalue weighted by molar-refractivity contribution is 6.30. The van der Waals surface area contributed by atoms with Crippen molar-refractivity contribution in [1.29, 1.82) is 0 Å². The molecule has 31 heavy (non-hydrogen) atoms. The van der Waals surface area contributed by atoms with Gasteiger partial charge in [0.05, 0.1) is 17.9 Å². The van der Waals surface area contributed by atoms with Crippen LogP contribution >= 0.6 is 23.2 Å². The van der Waals surface area contributed by atoms with Crippen molar-refractivity contribution in [2.45, 2.75) is 32.7 Å². The number of benzene rings is 2. The van der Waals surface area contributed by atoms with E-state index in [1.54, 1.807) is 34.8 Å². The van der Waals surface area contributed by atoms with Crippen molar-refractivity contribution in [3.63, 3.8) is 0 Å². The summed E-state index contributed by atoms with van der Waals surface area (Å²) in [5.74, 6) is -0.206. The molecule has 0 saturated carbocycles. The zero-order chi connectivity index (χ0) is 22.2. The molecular weight excluding hydrogens is 431 g/mol. The molecular formula is C24H22Cl2N4O. The summed E-state index contributed by atoms with van der Waals surface area (Å²) in [7, 11) is 0. The number of hydrogen-bond acceptors (Lipinski definition) is 3. The maximum absolute atomic E-state index is 12.6. The number of nitrogens with zero attached hydrogens (tertiary/aromatic N) is 3. The number of nitrogens with one attached hydrogen (secondary N) is 1. The molecule has 4 rings (SSSR count). The molecule has 158 valence electrons. The van der Waals surface area contributed by atoms with Crippen molar-refractivity contribution in [2.75, 3.05) is 0 Å². The minimum atomic E-state index is -0.206. The van der Waals surface area contributed by atoms with Gasteiger partial charge in [-0.05, 0) is 47.4 Å². The molecule has 0 aliphatic carbocycles. The van der Waals surface area contributed by atoms with Gasteiger partial charge in [0.1, 0.15) is 5.15 Å². The first-order valence-electron chi connectivity index (χ1n) is 9.91. The molecule has 0 fully saturated rings. The highest BCUT2D eigenvalue weighted by Gasteiger charge is 2.18. The molecule has 5 nitrogen and oxygen atoms in total. The molecule has 2 aromatic carbocycles. The predicted octanol–water partition coefficient (Wildman–Crippen LogP) is 5.93. The fraction of sp³-hybridized carbons (Fsp3) is 0.208. The molecule has 0 aliphatic heterocycles. The highest BCUT2D eigenvalue weighted by atomic mass is 35.5. The lowest BCUT2D eigenvalue weighted by molar-refractivity contribution is 0.0950. The molecule has 0 aliphatic rings. The van der Waals surface area contributed by atoms with Crippen molar-refractivity contribution in [2.24, 2.45) is 0 Å². The van der Waals surface area contributed by atoms with Crippen LogP contribution in [0.25, 0.3) is 16.9 Å². The average Bonchev–Trinajstić information content (AvgIpc) is 3.09. The summed E-state index contributed by atoms with van der Waals surface area (Å²) in [6.07, 6.45) is 0. The smallest absolute Gasteiger partial charge is 0.251 e. The minimum Gasteiger partial charge on any atom is -0.346 e. The lowest BCUT2D eigenvalue weighted by Gasteiger charge is -2.19. The van der Waals surface area contributed by atoms with Crippen molar-refractivity contribution in [3.8, 4) is 11.3 Å². The summed E-state index contributed by atoms with van der Waals surface area (Å²) < 4.78 is 1.68. The molecule has 0 radical (unpaired) electrons. The van der Waals surface area contributed by atoms with Crippen LogP contribution in [-0.2, 0) is 12.0 Å². The van der Waals surface area contributed by atoms with Crippen LogP contribution in [0.4, 0.5) is 0 Å². The van der Waals surface area contributed by atoms with Crippen molar-refractivity contribution < 1.29 is 4.79 Å². The Hall–Kier alpha value is -2.89. The summed E-state index contributed by atoms with van der Waals surface area (Å²) in [6.45, 7) is 6.77. The molecule has 1 amide bonds. The SMILES string of the molecule is CC(C)(C)c1ccc(-c2nc3ccc(Cl)nn3c2CNC(=O)c2ccc(Cl)cc2)cc1. The second kappa shape index (κ2) is 8.33. The Balaban J connectivity index is 1.70. The van der Waals surface area contributed by atoms with E-state index < -0.39 is 0 Å². The first-order valence-corrected chi connectivity index (χ1v) is 10.7. The molecule has 2 aromatic heterocycles. The van der Waals surface area contributed by atoms with Gasteiger partial charge in [-0.25, -0.2) is 9.50 Å². The normalized spacial score (nSPS) is 11.6. The van der Waals surface area contributed by atoms with Crippen LogP contribution in [0.3, 0.4) is 0 Å². The van der Waals surface area contributed by atoms with Gasteiger partial charge in [-0.1, -0.05) is 68.2 Å². The van der Waals surface area contributed by atoms with Gasteiger partial charge in [0.15, 0.2) is 5.65 Å². The summed E-state index contributed by atoms with van der Waals surface area (Å²) in [4.78, 5) is 17.4. The Kier molecular flexibility index (Phi) is 5.73. The van der Waals surface area contributed by atoms with Gasteiger partial charge in [0.25, 0.3) is 5.91 Å². The fourth-order valence-corrected chi connectivity index (χ4v) is 3.61. The number of aromatic nitrogens is 3. The van der Waals surface area contributed by atoms with Crippen LogP contribution in [0.1, 0.15) is 42.4 Å². The maximum Gasteiger partial charge on any atom is 0.251 e. The molecule has 0 spiro atoms. The van der Waals surface area contributed by atoms with Gasteiger partial charge < -0.3 is 5.32 Å². The molecule has 7 heteroatoms. The maximum atomic E-state index is 12.6. The Morgan fingerprint density at radius 2 is 1.65 bits per heavy atom. The fourth-order valence-electron chi connectivity index (χ4n) is 3.34. The summed E-state index contributed by atoms with van der Waals surface area (Å²) >= 11 is 12.0.